The van der Waals surface area contributed by atoms with Crippen LogP contribution in [0.5, 0.6) is 0 Å². The van der Waals surface area contributed by atoms with Crippen LogP contribution in [0, 0.1) is 5.92 Å². The summed E-state index contributed by atoms with van der Waals surface area (Å²) < 4.78 is 0. The van der Waals surface area contributed by atoms with Crippen LogP contribution in [0.3, 0.4) is 0 Å². The van der Waals surface area contributed by atoms with Gasteiger partial charge in [0.05, 0.1) is 0 Å². The first-order valence-electron chi connectivity index (χ1n) is 6.00. The number of hydrogen-bond donors (Lipinski definition) is 1. The lowest BCUT2D eigenvalue weighted by molar-refractivity contribution is -0.131. The molecule has 0 spiro atoms. The summed E-state index contributed by atoms with van der Waals surface area (Å²) in [6.07, 6.45) is 3.23. The molecule has 0 unspecified atom stereocenters. The molecular weight excluding hydrogens is 230 g/mol. The van der Waals surface area contributed by atoms with Crippen LogP contribution in [0.1, 0.15) is 26.3 Å². The van der Waals surface area contributed by atoms with Crippen LogP contribution in [-0.2, 0) is 10.3 Å². The van der Waals surface area contributed by atoms with Crippen molar-refractivity contribution in [3.8, 4) is 0 Å². The SMILES string of the molecule is CC(C)CN1C(=O)N[C@@](C)(c2ccncc2)C1=O. The van der Waals surface area contributed by atoms with Gasteiger partial charge >= 0.3 is 6.03 Å². The first-order chi connectivity index (χ1) is 8.45. The summed E-state index contributed by atoms with van der Waals surface area (Å²) in [4.78, 5) is 29.5. The Morgan fingerprint density at radius 2 is 1.94 bits per heavy atom. The van der Waals surface area contributed by atoms with Gasteiger partial charge in [-0.15, -0.1) is 0 Å². The van der Waals surface area contributed by atoms with Crippen LogP contribution in [0.15, 0.2) is 24.5 Å². The first-order valence-corrected chi connectivity index (χ1v) is 6.00. The van der Waals surface area contributed by atoms with Crippen LogP contribution >= 0.6 is 0 Å². The van der Waals surface area contributed by atoms with Gasteiger partial charge in [-0.1, -0.05) is 13.8 Å². The molecule has 2 heterocycles. The van der Waals surface area contributed by atoms with Crippen molar-refractivity contribution in [1.82, 2.24) is 15.2 Å². The second-order valence-corrected chi connectivity index (χ2v) is 5.10. The molecule has 1 atom stereocenters. The lowest BCUT2D eigenvalue weighted by atomic mass is 9.93. The summed E-state index contributed by atoms with van der Waals surface area (Å²) >= 11 is 0. The normalized spacial score (nSPS) is 23.7. The van der Waals surface area contributed by atoms with E-state index in [9.17, 15) is 9.59 Å². The van der Waals surface area contributed by atoms with Gasteiger partial charge in [0, 0.05) is 18.9 Å². The maximum Gasteiger partial charge on any atom is 0.325 e. The van der Waals surface area contributed by atoms with Gasteiger partial charge in [-0.2, -0.15) is 0 Å². The molecular formula is C13H17N3O2. The molecule has 5 heteroatoms. The van der Waals surface area contributed by atoms with Gasteiger partial charge in [-0.3, -0.25) is 14.7 Å². The molecule has 0 radical (unpaired) electrons. The Morgan fingerprint density at radius 1 is 1.33 bits per heavy atom. The predicted octanol–water partition coefficient (Wildman–Crippen LogP) is 1.50. The van der Waals surface area contributed by atoms with Crippen molar-refractivity contribution >= 4 is 11.9 Å². The van der Waals surface area contributed by atoms with E-state index in [1.165, 1.54) is 4.90 Å². The van der Waals surface area contributed by atoms with Crippen molar-refractivity contribution in [2.75, 3.05) is 6.54 Å². The molecule has 1 aromatic heterocycles. The highest BCUT2D eigenvalue weighted by Gasteiger charge is 2.48. The molecule has 0 aromatic carbocycles. The van der Waals surface area contributed by atoms with Crippen molar-refractivity contribution in [3.05, 3.63) is 30.1 Å². The summed E-state index contributed by atoms with van der Waals surface area (Å²) in [7, 11) is 0. The molecule has 1 saturated heterocycles. The number of pyridine rings is 1. The van der Waals surface area contributed by atoms with Crippen molar-refractivity contribution < 1.29 is 9.59 Å². The molecule has 96 valence electrons. The first kappa shape index (κ1) is 12.5. The largest absolute Gasteiger partial charge is 0.325 e. The standard InChI is InChI=1S/C13H17N3O2/c1-9(2)8-16-11(17)13(3,15-12(16)18)10-4-6-14-7-5-10/h4-7,9H,8H2,1-3H3,(H,15,18)/t13-/m0/s1. The zero-order valence-electron chi connectivity index (χ0n) is 10.8. The van der Waals surface area contributed by atoms with Crippen molar-refractivity contribution in [1.29, 1.82) is 0 Å². The van der Waals surface area contributed by atoms with Crippen molar-refractivity contribution in [2.45, 2.75) is 26.3 Å². The lowest BCUT2D eigenvalue weighted by Crippen LogP contribution is -2.41. The number of carbonyl (C=O) groups is 2. The zero-order valence-corrected chi connectivity index (χ0v) is 10.8. The third kappa shape index (κ3) is 1.96. The van der Waals surface area contributed by atoms with Gasteiger partial charge < -0.3 is 5.32 Å². The number of aromatic nitrogens is 1. The van der Waals surface area contributed by atoms with E-state index in [-0.39, 0.29) is 17.9 Å². The summed E-state index contributed by atoms with van der Waals surface area (Å²) in [5, 5.41) is 2.76. The summed E-state index contributed by atoms with van der Waals surface area (Å²) in [6, 6.07) is 3.17. The van der Waals surface area contributed by atoms with E-state index < -0.39 is 5.54 Å². The molecule has 1 aliphatic heterocycles. The van der Waals surface area contributed by atoms with Crippen LogP contribution in [0.2, 0.25) is 0 Å². The van der Waals surface area contributed by atoms with Gasteiger partial charge in [0.2, 0.25) is 0 Å². The molecule has 1 aliphatic rings. The molecule has 5 nitrogen and oxygen atoms in total. The van der Waals surface area contributed by atoms with Gasteiger partial charge in [0.1, 0.15) is 5.54 Å². The number of imide groups is 1. The quantitative estimate of drug-likeness (QED) is 0.823. The average Bonchev–Trinajstić information content (AvgIpc) is 2.55. The monoisotopic (exact) mass is 247 g/mol. The number of carbonyl (C=O) groups excluding carboxylic acids is 2. The highest BCUT2D eigenvalue weighted by atomic mass is 16.2. The van der Waals surface area contributed by atoms with E-state index in [2.05, 4.69) is 10.3 Å². The molecule has 3 amide bonds. The molecule has 2 rings (SSSR count). The van der Waals surface area contributed by atoms with Gasteiger partial charge in [-0.25, -0.2) is 4.79 Å². The Bertz CT molecular complexity index is 472. The Morgan fingerprint density at radius 3 is 2.50 bits per heavy atom. The lowest BCUT2D eigenvalue weighted by Gasteiger charge is -2.22. The van der Waals surface area contributed by atoms with Crippen molar-refractivity contribution in [3.63, 3.8) is 0 Å². The summed E-state index contributed by atoms with van der Waals surface area (Å²) in [6.45, 7) is 6.11. The summed E-state index contributed by atoms with van der Waals surface area (Å²) in [5.41, 5.74) is -0.225. The predicted molar refractivity (Wildman–Crippen MR) is 66.7 cm³/mol. The molecule has 0 aliphatic carbocycles. The minimum atomic E-state index is -0.977. The van der Waals surface area contributed by atoms with Gasteiger partial charge in [0.25, 0.3) is 5.91 Å². The van der Waals surface area contributed by atoms with E-state index in [0.29, 0.717) is 6.54 Å². The van der Waals surface area contributed by atoms with Crippen molar-refractivity contribution in [2.24, 2.45) is 5.92 Å². The fourth-order valence-electron chi connectivity index (χ4n) is 2.11. The van der Waals surface area contributed by atoms with Crippen LogP contribution in [0.4, 0.5) is 4.79 Å². The number of rotatable bonds is 3. The number of hydrogen-bond acceptors (Lipinski definition) is 3. The Labute approximate surface area is 106 Å². The van der Waals surface area contributed by atoms with Gasteiger partial charge in [0.15, 0.2) is 0 Å². The molecule has 1 N–H and O–H groups in total. The third-order valence-corrected chi connectivity index (χ3v) is 3.08. The number of nitrogens with zero attached hydrogens (tertiary/aromatic N) is 2. The average molecular weight is 247 g/mol. The van der Waals surface area contributed by atoms with E-state index >= 15 is 0 Å². The highest BCUT2D eigenvalue weighted by Crippen LogP contribution is 2.28. The van der Waals surface area contributed by atoms with E-state index in [1.54, 1.807) is 31.5 Å². The third-order valence-electron chi connectivity index (χ3n) is 3.08. The Balaban J connectivity index is 2.32. The maximum absolute atomic E-state index is 12.4. The minimum Gasteiger partial charge on any atom is -0.319 e. The van der Waals surface area contributed by atoms with E-state index in [0.717, 1.165) is 5.56 Å². The van der Waals surface area contributed by atoms with Crippen LogP contribution in [0.25, 0.3) is 0 Å². The highest BCUT2D eigenvalue weighted by molar-refractivity contribution is 6.07. The smallest absolute Gasteiger partial charge is 0.319 e. The second kappa shape index (κ2) is 4.40. The molecule has 0 bridgehead atoms. The van der Waals surface area contributed by atoms with Gasteiger partial charge in [-0.05, 0) is 30.5 Å². The minimum absolute atomic E-state index is 0.201. The summed E-state index contributed by atoms with van der Waals surface area (Å²) in [5.74, 6) is 0.0480. The van der Waals surface area contributed by atoms with Crippen LogP contribution in [-0.4, -0.2) is 28.4 Å². The maximum atomic E-state index is 12.4. The fraction of sp³-hybridized carbons (Fsp3) is 0.462. The van der Waals surface area contributed by atoms with E-state index in [4.69, 9.17) is 0 Å². The molecule has 0 saturated carbocycles. The Kier molecular flexibility index (Phi) is 3.07. The number of nitrogens with one attached hydrogen (secondary N) is 1. The molecule has 18 heavy (non-hydrogen) atoms. The topological polar surface area (TPSA) is 62.3 Å². The number of amides is 3. The second-order valence-electron chi connectivity index (χ2n) is 5.10. The van der Waals surface area contributed by atoms with E-state index in [1.807, 2.05) is 13.8 Å². The fourth-order valence-corrected chi connectivity index (χ4v) is 2.11. The molecule has 1 fully saturated rings. The number of urea groups is 1. The molecule has 1 aromatic rings. The van der Waals surface area contributed by atoms with Crippen LogP contribution < -0.4 is 5.32 Å². The Hall–Kier alpha value is -1.91. The zero-order chi connectivity index (χ0) is 13.3.